The third-order valence-corrected chi connectivity index (χ3v) is 3.79. The van der Waals surface area contributed by atoms with E-state index in [2.05, 4.69) is 5.32 Å². The van der Waals surface area contributed by atoms with E-state index in [-0.39, 0.29) is 0 Å². The molecule has 0 aliphatic rings. The summed E-state index contributed by atoms with van der Waals surface area (Å²) >= 11 is 0. The molecule has 0 aliphatic carbocycles. The molecule has 0 bridgehead atoms. The van der Waals surface area contributed by atoms with Gasteiger partial charge in [0.1, 0.15) is 11.8 Å². The molecule has 0 aliphatic heterocycles. The summed E-state index contributed by atoms with van der Waals surface area (Å²) in [4.78, 5) is 23.8. The second-order valence-corrected chi connectivity index (χ2v) is 5.71. The van der Waals surface area contributed by atoms with Crippen molar-refractivity contribution in [2.45, 2.75) is 26.0 Å². The van der Waals surface area contributed by atoms with Crippen LogP contribution in [0.2, 0.25) is 0 Å². The van der Waals surface area contributed by atoms with Gasteiger partial charge < -0.3 is 15.2 Å². The van der Waals surface area contributed by atoms with Gasteiger partial charge in [0.05, 0.1) is 12.7 Å². The Labute approximate surface area is 151 Å². The first kappa shape index (κ1) is 19.4. The molecule has 2 amide bonds. The van der Waals surface area contributed by atoms with Crippen LogP contribution in [-0.4, -0.2) is 40.9 Å². The molecule has 138 valence electrons. The van der Waals surface area contributed by atoms with Crippen molar-refractivity contribution in [2.24, 2.45) is 0 Å². The van der Waals surface area contributed by atoms with Gasteiger partial charge in [0.2, 0.25) is 0 Å². The number of nitrogens with one attached hydrogen (secondary N) is 2. The van der Waals surface area contributed by atoms with Gasteiger partial charge in [0.25, 0.3) is 11.8 Å². The van der Waals surface area contributed by atoms with Crippen LogP contribution in [0, 0.1) is 0 Å². The Bertz CT molecular complexity index is 759. The quantitative estimate of drug-likeness (QED) is 0.445. The summed E-state index contributed by atoms with van der Waals surface area (Å²) < 4.78 is 5.48. The fourth-order valence-electron chi connectivity index (χ4n) is 2.45. The molecule has 2 aromatic carbocycles. The Morgan fingerprint density at radius 2 is 1.81 bits per heavy atom. The van der Waals surface area contributed by atoms with Crippen molar-refractivity contribution in [1.29, 1.82) is 0 Å². The van der Waals surface area contributed by atoms with Crippen molar-refractivity contribution >= 4 is 11.8 Å². The molecule has 0 radical (unpaired) electrons. The van der Waals surface area contributed by atoms with Gasteiger partial charge in [0, 0.05) is 5.56 Å². The topological polar surface area (TPSA) is 108 Å². The normalized spacial score (nSPS) is 12.8. The molecule has 0 fully saturated rings. The van der Waals surface area contributed by atoms with Crippen molar-refractivity contribution in [3.63, 3.8) is 0 Å². The predicted octanol–water partition coefficient (Wildman–Crippen LogP) is 1.74. The van der Waals surface area contributed by atoms with Gasteiger partial charge in [-0.15, -0.1) is 0 Å². The summed E-state index contributed by atoms with van der Waals surface area (Å²) in [5.41, 5.74) is 3.60. The molecular formula is C19H22N2O5. The molecule has 7 nitrogen and oxygen atoms in total. The van der Waals surface area contributed by atoms with Gasteiger partial charge in [-0.2, -0.15) is 0 Å². The van der Waals surface area contributed by atoms with E-state index in [0.717, 1.165) is 16.9 Å². The Morgan fingerprint density at radius 1 is 1.12 bits per heavy atom. The van der Waals surface area contributed by atoms with E-state index in [1.807, 2.05) is 31.2 Å². The second kappa shape index (κ2) is 8.98. The Kier molecular flexibility index (Phi) is 6.71. The van der Waals surface area contributed by atoms with Crippen molar-refractivity contribution in [3.8, 4) is 16.9 Å². The minimum Gasteiger partial charge on any atom is -0.494 e. The molecule has 26 heavy (non-hydrogen) atoms. The van der Waals surface area contributed by atoms with Crippen LogP contribution in [0.5, 0.6) is 5.75 Å². The van der Waals surface area contributed by atoms with Crippen LogP contribution in [0.15, 0.2) is 48.5 Å². The number of ether oxygens (including phenoxy) is 1. The van der Waals surface area contributed by atoms with Crippen LogP contribution < -0.4 is 15.5 Å². The molecule has 0 aromatic heterocycles. The SMILES string of the molecule is CCOc1cccc(-c2ccc(C(=O)NC(C(=O)NO)C(C)O)cc2)c1. The van der Waals surface area contributed by atoms with Gasteiger partial charge in [-0.3, -0.25) is 14.8 Å². The monoisotopic (exact) mass is 358 g/mol. The highest BCUT2D eigenvalue weighted by atomic mass is 16.5. The fraction of sp³-hybridized carbons (Fsp3) is 0.263. The number of amides is 2. The molecule has 0 saturated heterocycles. The third-order valence-electron chi connectivity index (χ3n) is 3.79. The lowest BCUT2D eigenvalue weighted by molar-refractivity contribution is -0.133. The zero-order valence-electron chi connectivity index (χ0n) is 14.6. The third kappa shape index (κ3) is 4.81. The van der Waals surface area contributed by atoms with Gasteiger partial charge >= 0.3 is 0 Å². The highest BCUT2D eigenvalue weighted by Crippen LogP contribution is 2.24. The Hall–Kier alpha value is -2.90. The maximum absolute atomic E-state index is 12.3. The number of hydrogen-bond donors (Lipinski definition) is 4. The lowest BCUT2D eigenvalue weighted by Crippen LogP contribution is -2.51. The number of carbonyl (C=O) groups is 2. The van der Waals surface area contributed by atoms with Crippen LogP contribution in [0.3, 0.4) is 0 Å². The van der Waals surface area contributed by atoms with E-state index in [4.69, 9.17) is 9.94 Å². The molecule has 7 heteroatoms. The number of benzene rings is 2. The van der Waals surface area contributed by atoms with E-state index in [9.17, 15) is 14.7 Å². The minimum atomic E-state index is -1.25. The molecule has 0 heterocycles. The van der Waals surface area contributed by atoms with Gasteiger partial charge in [-0.05, 0) is 49.2 Å². The molecule has 2 rings (SSSR count). The summed E-state index contributed by atoms with van der Waals surface area (Å²) in [6.07, 6.45) is -1.16. The molecular weight excluding hydrogens is 336 g/mol. The summed E-state index contributed by atoms with van der Waals surface area (Å²) in [7, 11) is 0. The summed E-state index contributed by atoms with van der Waals surface area (Å²) in [6.45, 7) is 3.83. The Morgan fingerprint density at radius 3 is 2.38 bits per heavy atom. The lowest BCUT2D eigenvalue weighted by atomic mass is 10.0. The number of aliphatic hydroxyl groups is 1. The van der Waals surface area contributed by atoms with Crippen molar-refractivity contribution in [2.75, 3.05) is 6.61 Å². The largest absolute Gasteiger partial charge is 0.494 e. The van der Waals surface area contributed by atoms with Crippen LogP contribution >= 0.6 is 0 Å². The first-order valence-corrected chi connectivity index (χ1v) is 8.22. The van der Waals surface area contributed by atoms with Crippen molar-refractivity contribution in [1.82, 2.24) is 10.8 Å². The smallest absolute Gasteiger partial charge is 0.268 e. The van der Waals surface area contributed by atoms with Gasteiger partial charge in [-0.25, -0.2) is 5.48 Å². The first-order valence-electron chi connectivity index (χ1n) is 8.22. The highest BCUT2D eigenvalue weighted by molar-refractivity contribution is 5.97. The maximum atomic E-state index is 12.3. The fourth-order valence-corrected chi connectivity index (χ4v) is 2.45. The molecule has 2 atom stereocenters. The summed E-state index contributed by atoms with van der Waals surface area (Å²) in [6, 6.07) is 13.2. The highest BCUT2D eigenvalue weighted by Gasteiger charge is 2.25. The van der Waals surface area contributed by atoms with Crippen molar-refractivity contribution in [3.05, 3.63) is 54.1 Å². The van der Waals surface area contributed by atoms with Gasteiger partial charge in [0.15, 0.2) is 0 Å². The second-order valence-electron chi connectivity index (χ2n) is 5.71. The minimum absolute atomic E-state index is 0.325. The van der Waals surface area contributed by atoms with Crippen LogP contribution in [0.4, 0.5) is 0 Å². The number of aliphatic hydroxyl groups excluding tert-OH is 1. The van der Waals surface area contributed by atoms with E-state index >= 15 is 0 Å². The van der Waals surface area contributed by atoms with E-state index in [1.54, 1.807) is 24.3 Å². The van der Waals surface area contributed by atoms with E-state index in [1.165, 1.54) is 12.4 Å². The van der Waals surface area contributed by atoms with E-state index in [0.29, 0.717) is 12.2 Å². The number of hydrogen-bond acceptors (Lipinski definition) is 5. The number of hydroxylamine groups is 1. The number of carbonyl (C=O) groups excluding carboxylic acids is 2. The summed E-state index contributed by atoms with van der Waals surface area (Å²) in [5, 5.41) is 20.6. The molecule has 0 saturated carbocycles. The molecule has 2 aromatic rings. The van der Waals surface area contributed by atoms with Crippen LogP contribution in [0.1, 0.15) is 24.2 Å². The van der Waals surface area contributed by atoms with Gasteiger partial charge in [-0.1, -0.05) is 24.3 Å². The standard InChI is InChI=1S/C19H22N2O5/c1-3-26-16-6-4-5-15(11-16)13-7-9-14(10-8-13)18(23)20-17(12(2)22)19(24)21-25/h4-12,17,22,25H,3H2,1-2H3,(H,20,23)(H,21,24). The molecule has 4 N–H and O–H groups in total. The number of rotatable bonds is 7. The van der Waals surface area contributed by atoms with E-state index < -0.39 is 24.0 Å². The van der Waals surface area contributed by atoms with Crippen LogP contribution in [0.25, 0.3) is 11.1 Å². The first-order chi connectivity index (χ1) is 12.5. The molecule has 2 unspecified atom stereocenters. The van der Waals surface area contributed by atoms with Crippen molar-refractivity contribution < 1.29 is 24.6 Å². The molecule has 0 spiro atoms. The summed E-state index contributed by atoms with van der Waals surface area (Å²) in [5.74, 6) is -0.659. The lowest BCUT2D eigenvalue weighted by Gasteiger charge is -2.19. The zero-order valence-corrected chi connectivity index (χ0v) is 14.6. The maximum Gasteiger partial charge on any atom is 0.268 e. The average Bonchev–Trinajstić information content (AvgIpc) is 2.65. The average molecular weight is 358 g/mol. The predicted molar refractivity (Wildman–Crippen MR) is 95.9 cm³/mol. The zero-order chi connectivity index (χ0) is 19.1. The van der Waals surface area contributed by atoms with Crippen LogP contribution in [-0.2, 0) is 4.79 Å². The Balaban J connectivity index is 2.14.